The molecule has 0 aliphatic heterocycles. The molecule has 0 aromatic heterocycles. The van der Waals surface area contributed by atoms with E-state index in [1.165, 1.54) is 6.42 Å². The van der Waals surface area contributed by atoms with Gasteiger partial charge in [-0.2, -0.15) is 0 Å². The summed E-state index contributed by atoms with van der Waals surface area (Å²) in [6.07, 6.45) is 3.63. The van der Waals surface area contributed by atoms with Crippen LogP contribution in [0.4, 0.5) is 0 Å². The maximum absolute atomic E-state index is 2.44. The van der Waals surface area contributed by atoms with Gasteiger partial charge in [-0.15, -0.1) is 0 Å². The van der Waals surface area contributed by atoms with Crippen LogP contribution in [0.2, 0.25) is 0 Å². The molecule has 0 amide bonds. The Labute approximate surface area is 135 Å². The van der Waals surface area contributed by atoms with Crippen LogP contribution in [0.5, 0.6) is 0 Å². The zero-order valence-corrected chi connectivity index (χ0v) is 14.7. The minimum Gasteiger partial charge on any atom is -1.00 e. The third-order valence-corrected chi connectivity index (χ3v) is 3.10. The Morgan fingerprint density at radius 3 is 1.80 bits per heavy atom. The van der Waals surface area contributed by atoms with Crippen molar-refractivity contribution in [2.45, 2.75) is 48.0 Å². The Morgan fingerprint density at radius 1 is 0.933 bits per heavy atom. The summed E-state index contributed by atoms with van der Waals surface area (Å²) in [4.78, 5) is 0. The predicted octanol–water partition coefficient (Wildman–Crippen LogP) is 4.43. The van der Waals surface area contributed by atoms with E-state index in [1.807, 2.05) is 0 Å². The van der Waals surface area contributed by atoms with Crippen molar-refractivity contribution in [2.24, 2.45) is 17.8 Å². The largest absolute Gasteiger partial charge is 2.00 e. The molecule has 0 aromatic rings. The van der Waals surface area contributed by atoms with Crippen molar-refractivity contribution in [2.75, 3.05) is 0 Å². The summed E-state index contributed by atoms with van der Waals surface area (Å²) in [7, 11) is 0. The van der Waals surface area contributed by atoms with Crippen molar-refractivity contribution in [3.05, 3.63) is 22.8 Å². The van der Waals surface area contributed by atoms with Crippen molar-refractivity contribution >= 4 is 45.5 Å². The van der Waals surface area contributed by atoms with E-state index in [0.29, 0.717) is 17.8 Å². The number of rotatable bonds is 3. The molecule has 0 unspecified atom stereocenters. The Bertz CT molecular complexity index is 276. The molecule has 0 nitrogen and oxygen atoms in total. The summed E-state index contributed by atoms with van der Waals surface area (Å²) in [6, 6.07) is 0. The second-order valence-corrected chi connectivity index (χ2v) is 5.27. The van der Waals surface area contributed by atoms with Gasteiger partial charge in [-0.25, -0.2) is 0 Å². The second-order valence-electron chi connectivity index (χ2n) is 5.27. The first-order chi connectivity index (χ1) is 6.45. The van der Waals surface area contributed by atoms with Crippen molar-refractivity contribution in [1.29, 1.82) is 0 Å². The summed E-state index contributed by atoms with van der Waals surface area (Å²) in [5, 5.41) is 0. The average Bonchev–Trinajstić information content (AvgIpc) is 2.46. The van der Waals surface area contributed by atoms with Crippen molar-refractivity contribution < 1.29 is 2.85 Å². The van der Waals surface area contributed by atoms with Crippen molar-refractivity contribution in [1.82, 2.24) is 0 Å². The molecule has 0 heterocycles. The Hall–Kier alpha value is 0.961. The zero-order chi connectivity index (χ0) is 10.9. The summed E-state index contributed by atoms with van der Waals surface area (Å²) in [5.41, 5.74) is 4.92. The Balaban J connectivity index is -0.000000653. The van der Waals surface area contributed by atoms with Crippen LogP contribution >= 0.6 is 0 Å². The smallest absolute Gasteiger partial charge is 1.00 e. The van der Waals surface area contributed by atoms with Crippen LogP contribution < -0.4 is 0 Å². The first kappa shape index (κ1) is 16.0. The predicted molar refractivity (Wildman–Crippen MR) is 72.2 cm³/mol. The third kappa shape index (κ3) is 3.73. The van der Waals surface area contributed by atoms with Crippen LogP contribution in [0.1, 0.15) is 50.8 Å². The van der Waals surface area contributed by atoms with Gasteiger partial charge in [0.15, 0.2) is 0 Å². The van der Waals surface area contributed by atoms with Gasteiger partial charge in [0, 0.05) is 0 Å². The SMILES string of the molecule is CC(C)C1=CCC(C(C)C)=C1C(C)C.[H-].[H-].[Sr+2]. The molecule has 0 saturated heterocycles. The number of hydrogen-bond donors (Lipinski definition) is 0. The molecule has 1 aliphatic rings. The van der Waals surface area contributed by atoms with Gasteiger partial charge in [-0.3, -0.25) is 0 Å². The molecule has 0 bridgehead atoms. The van der Waals surface area contributed by atoms with Crippen LogP contribution in [0.25, 0.3) is 0 Å². The Kier molecular flexibility index (Phi) is 7.06. The molecule has 84 valence electrons. The zero-order valence-electron chi connectivity index (χ0n) is 13.2. The normalized spacial score (nSPS) is 16.5. The molecule has 0 radical (unpaired) electrons. The maximum Gasteiger partial charge on any atom is 2.00 e. The first-order valence-corrected chi connectivity index (χ1v) is 5.88. The summed E-state index contributed by atoms with van der Waals surface area (Å²) >= 11 is 0. The summed E-state index contributed by atoms with van der Waals surface area (Å²) in [5.74, 6) is 2.08. The van der Waals surface area contributed by atoms with Crippen LogP contribution in [-0.2, 0) is 0 Å². The fourth-order valence-electron chi connectivity index (χ4n) is 2.42. The van der Waals surface area contributed by atoms with E-state index >= 15 is 0 Å². The quantitative estimate of drug-likeness (QED) is 0.672. The topological polar surface area (TPSA) is 0 Å². The molecular formula is C14H26Sr. The van der Waals surface area contributed by atoms with E-state index in [9.17, 15) is 0 Å². The van der Waals surface area contributed by atoms with Gasteiger partial charge in [0.2, 0.25) is 0 Å². The number of hydrogen-bond acceptors (Lipinski definition) is 0. The van der Waals surface area contributed by atoms with E-state index in [-0.39, 0.29) is 48.3 Å². The molecule has 0 fully saturated rings. The molecule has 0 N–H and O–H groups in total. The first-order valence-electron chi connectivity index (χ1n) is 5.88. The molecule has 0 aromatic carbocycles. The third-order valence-electron chi connectivity index (χ3n) is 3.10. The average molecular weight is 282 g/mol. The number of allylic oxidation sites excluding steroid dienone is 4. The van der Waals surface area contributed by atoms with Gasteiger partial charge in [-0.05, 0) is 35.3 Å². The minimum absolute atomic E-state index is 0. The van der Waals surface area contributed by atoms with Crippen LogP contribution in [0, 0.1) is 17.8 Å². The fraction of sp³-hybridized carbons (Fsp3) is 0.714. The van der Waals surface area contributed by atoms with Gasteiger partial charge >= 0.3 is 45.5 Å². The molecule has 1 aliphatic carbocycles. The summed E-state index contributed by atoms with van der Waals surface area (Å²) < 4.78 is 0. The van der Waals surface area contributed by atoms with Crippen LogP contribution in [0.15, 0.2) is 22.8 Å². The molecule has 15 heavy (non-hydrogen) atoms. The molecular weight excluding hydrogens is 256 g/mol. The molecule has 1 heteroatoms. The van der Waals surface area contributed by atoms with Crippen LogP contribution in [0.3, 0.4) is 0 Å². The van der Waals surface area contributed by atoms with E-state index < -0.39 is 0 Å². The fourth-order valence-corrected chi connectivity index (χ4v) is 2.42. The maximum atomic E-state index is 2.44. The molecule has 0 atom stereocenters. The Morgan fingerprint density at radius 2 is 1.47 bits per heavy atom. The van der Waals surface area contributed by atoms with E-state index in [1.54, 1.807) is 16.7 Å². The van der Waals surface area contributed by atoms with E-state index in [2.05, 4.69) is 47.6 Å². The molecule has 0 spiro atoms. The monoisotopic (exact) mass is 282 g/mol. The summed E-state index contributed by atoms with van der Waals surface area (Å²) in [6.45, 7) is 13.9. The van der Waals surface area contributed by atoms with E-state index in [0.717, 1.165) is 0 Å². The van der Waals surface area contributed by atoms with Gasteiger partial charge < -0.3 is 2.85 Å². The molecule has 0 saturated carbocycles. The van der Waals surface area contributed by atoms with Crippen molar-refractivity contribution in [3.63, 3.8) is 0 Å². The molecule has 1 rings (SSSR count). The minimum atomic E-state index is 0. The van der Waals surface area contributed by atoms with Gasteiger partial charge in [-0.1, -0.05) is 53.2 Å². The van der Waals surface area contributed by atoms with Gasteiger partial charge in [0.05, 0.1) is 0 Å². The van der Waals surface area contributed by atoms with Gasteiger partial charge in [0.25, 0.3) is 0 Å². The van der Waals surface area contributed by atoms with Crippen LogP contribution in [-0.4, -0.2) is 45.5 Å². The van der Waals surface area contributed by atoms with Gasteiger partial charge in [0.1, 0.15) is 0 Å². The van der Waals surface area contributed by atoms with Crippen molar-refractivity contribution in [3.8, 4) is 0 Å². The second kappa shape index (κ2) is 6.64. The standard InChI is InChI=1S/C14H24.Sr.2H/c1-9(2)12-7-8-13(10(3)4)14(12)11(5)6;;;/h7,9-11H,8H2,1-6H3;;;/q;+2;2*-1. The van der Waals surface area contributed by atoms with E-state index in [4.69, 9.17) is 0 Å².